The van der Waals surface area contributed by atoms with Gasteiger partial charge in [-0.15, -0.1) is 0 Å². The van der Waals surface area contributed by atoms with Crippen LogP contribution in [0, 0.1) is 5.92 Å². The van der Waals surface area contributed by atoms with E-state index in [9.17, 15) is 15.0 Å². The fourth-order valence-corrected chi connectivity index (χ4v) is 1.55. The van der Waals surface area contributed by atoms with E-state index in [2.05, 4.69) is 5.32 Å². The third-order valence-corrected chi connectivity index (χ3v) is 2.41. The van der Waals surface area contributed by atoms with Crippen LogP contribution in [-0.2, 0) is 4.79 Å². The maximum Gasteiger partial charge on any atom is 0.234 e. The molecule has 0 spiro atoms. The summed E-state index contributed by atoms with van der Waals surface area (Å²) in [5, 5.41) is 21.3. The molecule has 15 heavy (non-hydrogen) atoms. The molecule has 1 fully saturated rings. The van der Waals surface area contributed by atoms with E-state index >= 15 is 0 Å². The average Bonchev–Trinajstić information content (AvgIpc) is 2.42. The largest absolute Gasteiger partial charge is 0.389 e. The summed E-state index contributed by atoms with van der Waals surface area (Å²) in [6.45, 7) is 5.72. The lowest BCUT2D eigenvalue weighted by Gasteiger charge is -2.14. The van der Waals surface area contributed by atoms with Crippen molar-refractivity contribution >= 4 is 5.91 Å². The Hall–Kier alpha value is -0.650. The zero-order valence-electron chi connectivity index (χ0n) is 9.31. The summed E-state index contributed by atoms with van der Waals surface area (Å²) >= 11 is 0. The summed E-state index contributed by atoms with van der Waals surface area (Å²) in [4.78, 5) is 13.2. The minimum atomic E-state index is -0.720. The van der Waals surface area contributed by atoms with Crippen LogP contribution in [0.25, 0.3) is 0 Å². The van der Waals surface area contributed by atoms with E-state index in [4.69, 9.17) is 0 Å². The molecule has 0 aromatic heterocycles. The molecular weight excluding hydrogens is 196 g/mol. The van der Waals surface area contributed by atoms with Crippen molar-refractivity contribution in [1.29, 1.82) is 0 Å². The second kappa shape index (κ2) is 5.44. The fraction of sp³-hybridized carbons (Fsp3) is 0.900. The Morgan fingerprint density at radius 3 is 2.40 bits per heavy atom. The van der Waals surface area contributed by atoms with Gasteiger partial charge in [0.1, 0.15) is 0 Å². The van der Waals surface area contributed by atoms with Crippen LogP contribution in [0.1, 0.15) is 13.8 Å². The maximum atomic E-state index is 11.4. The first-order chi connectivity index (χ1) is 6.99. The maximum absolute atomic E-state index is 11.4. The van der Waals surface area contributed by atoms with E-state index in [0.717, 1.165) is 0 Å². The van der Waals surface area contributed by atoms with Gasteiger partial charge in [0, 0.05) is 19.6 Å². The van der Waals surface area contributed by atoms with Crippen LogP contribution < -0.4 is 5.32 Å². The number of rotatable bonds is 4. The van der Waals surface area contributed by atoms with Crippen molar-refractivity contribution in [3.63, 3.8) is 0 Å². The topological polar surface area (TPSA) is 72.8 Å². The van der Waals surface area contributed by atoms with Crippen LogP contribution in [0.3, 0.4) is 0 Å². The summed E-state index contributed by atoms with van der Waals surface area (Å²) in [5.41, 5.74) is 0. The number of amides is 1. The number of aliphatic hydroxyl groups excluding tert-OH is 2. The SMILES string of the molecule is CC(C)CNC(=O)CN1C[C@@H](O)[C@@H](O)C1. The highest BCUT2D eigenvalue weighted by atomic mass is 16.3. The van der Waals surface area contributed by atoms with Crippen LogP contribution in [-0.4, -0.2) is 59.4 Å². The van der Waals surface area contributed by atoms with Gasteiger partial charge in [-0.3, -0.25) is 9.69 Å². The number of nitrogens with one attached hydrogen (secondary N) is 1. The van der Waals surface area contributed by atoms with Crippen molar-refractivity contribution in [2.75, 3.05) is 26.2 Å². The standard InChI is InChI=1S/C10H20N2O3/c1-7(2)3-11-10(15)6-12-4-8(13)9(14)5-12/h7-9,13-14H,3-6H2,1-2H3,(H,11,15)/t8-,9+. The first-order valence-corrected chi connectivity index (χ1v) is 5.34. The second-order valence-corrected chi connectivity index (χ2v) is 4.53. The van der Waals surface area contributed by atoms with Gasteiger partial charge in [0.2, 0.25) is 5.91 Å². The smallest absolute Gasteiger partial charge is 0.234 e. The summed E-state index contributed by atoms with van der Waals surface area (Å²) in [6.07, 6.45) is -1.44. The number of likely N-dealkylation sites (tertiary alicyclic amines) is 1. The van der Waals surface area contributed by atoms with Gasteiger partial charge in [0.15, 0.2) is 0 Å². The van der Waals surface area contributed by atoms with E-state index in [1.54, 1.807) is 4.90 Å². The van der Waals surface area contributed by atoms with Crippen molar-refractivity contribution < 1.29 is 15.0 Å². The Bertz CT molecular complexity index is 211. The lowest BCUT2D eigenvalue weighted by Crippen LogP contribution is -2.38. The average molecular weight is 216 g/mol. The van der Waals surface area contributed by atoms with Gasteiger partial charge in [-0.05, 0) is 5.92 Å². The Labute approximate surface area is 90.1 Å². The molecule has 0 saturated carbocycles. The van der Waals surface area contributed by atoms with Gasteiger partial charge in [0.05, 0.1) is 18.8 Å². The molecule has 1 aliphatic rings. The zero-order valence-corrected chi connectivity index (χ0v) is 9.31. The van der Waals surface area contributed by atoms with Gasteiger partial charge in [-0.1, -0.05) is 13.8 Å². The fourth-order valence-electron chi connectivity index (χ4n) is 1.55. The number of carbonyl (C=O) groups is 1. The molecule has 0 aliphatic carbocycles. The van der Waals surface area contributed by atoms with Gasteiger partial charge >= 0.3 is 0 Å². The predicted octanol–water partition coefficient (Wildman–Crippen LogP) is -1.20. The Morgan fingerprint density at radius 1 is 1.40 bits per heavy atom. The summed E-state index contributed by atoms with van der Waals surface area (Å²) in [7, 11) is 0. The molecule has 1 amide bonds. The summed E-state index contributed by atoms with van der Waals surface area (Å²) in [6, 6.07) is 0. The molecule has 1 rings (SSSR count). The van der Waals surface area contributed by atoms with E-state index in [1.807, 2.05) is 13.8 Å². The number of aliphatic hydroxyl groups is 2. The summed E-state index contributed by atoms with van der Waals surface area (Å²) in [5.74, 6) is 0.383. The molecular formula is C10H20N2O3. The van der Waals surface area contributed by atoms with Crippen LogP contribution in [0.4, 0.5) is 0 Å². The van der Waals surface area contributed by atoms with E-state index < -0.39 is 12.2 Å². The predicted molar refractivity (Wildman–Crippen MR) is 56.3 cm³/mol. The molecule has 0 aromatic rings. The molecule has 0 aromatic carbocycles. The Balaban J connectivity index is 2.21. The number of hydrogen-bond donors (Lipinski definition) is 3. The molecule has 0 unspecified atom stereocenters. The molecule has 0 bridgehead atoms. The molecule has 3 N–H and O–H groups in total. The molecule has 1 aliphatic heterocycles. The minimum Gasteiger partial charge on any atom is -0.389 e. The third-order valence-electron chi connectivity index (χ3n) is 2.41. The lowest BCUT2D eigenvalue weighted by molar-refractivity contribution is -0.122. The Morgan fingerprint density at radius 2 is 1.93 bits per heavy atom. The highest BCUT2D eigenvalue weighted by molar-refractivity contribution is 5.78. The van der Waals surface area contributed by atoms with Crippen molar-refractivity contribution in [1.82, 2.24) is 10.2 Å². The van der Waals surface area contributed by atoms with Crippen LogP contribution >= 0.6 is 0 Å². The zero-order chi connectivity index (χ0) is 11.4. The first kappa shape index (κ1) is 12.4. The molecule has 1 heterocycles. The minimum absolute atomic E-state index is 0.0509. The quantitative estimate of drug-likeness (QED) is 0.552. The van der Waals surface area contributed by atoms with Crippen molar-refractivity contribution in [2.45, 2.75) is 26.1 Å². The van der Waals surface area contributed by atoms with Gasteiger partial charge < -0.3 is 15.5 Å². The lowest BCUT2D eigenvalue weighted by atomic mass is 10.2. The van der Waals surface area contributed by atoms with Crippen LogP contribution in [0.5, 0.6) is 0 Å². The summed E-state index contributed by atoms with van der Waals surface area (Å²) < 4.78 is 0. The number of carbonyl (C=O) groups excluding carboxylic acids is 1. The normalized spacial score (nSPS) is 27.3. The van der Waals surface area contributed by atoms with Gasteiger partial charge in [-0.25, -0.2) is 0 Å². The molecule has 88 valence electrons. The molecule has 0 radical (unpaired) electrons. The third kappa shape index (κ3) is 4.15. The highest BCUT2D eigenvalue weighted by Gasteiger charge is 2.30. The second-order valence-electron chi connectivity index (χ2n) is 4.53. The van der Waals surface area contributed by atoms with E-state index in [-0.39, 0.29) is 12.5 Å². The van der Waals surface area contributed by atoms with Crippen molar-refractivity contribution in [3.8, 4) is 0 Å². The van der Waals surface area contributed by atoms with E-state index in [0.29, 0.717) is 25.6 Å². The molecule has 5 heteroatoms. The van der Waals surface area contributed by atoms with E-state index in [1.165, 1.54) is 0 Å². The highest BCUT2D eigenvalue weighted by Crippen LogP contribution is 2.08. The first-order valence-electron chi connectivity index (χ1n) is 5.34. The number of hydrogen-bond acceptors (Lipinski definition) is 4. The van der Waals surface area contributed by atoms with Gasteiger partial charge in [0.25, 0.3) is 0 Å². The Kier molecular flexibility index (Phi) is 4.50. The van der Waals surface area contributed by atoms with Gasteiger partial charge in [-0.2, -0.15) is 0 Å². The van der Waals surface area contributed by atoms with Crippen LogP contribution in [0.2, 0.25) is 0 Å². The molecule has 5 nitrogen and oxygen atoms in total. The molecule has 2 atom stereocenters. The monoisotopic (exact) mass is 216 g/mol. The van der Waals surface area contributed by atoms with Crippen LogP contribution in [0.15, 0.2) is 0 Å². The number of β-amino-alcohol motifs (C(OH)–C–C–N with tert-alkyl or cyclic N) is 2. The molecule has 1 saturated heterocycles. The number of nitrogens with zero attached hydrogens (tertiary/aromatic N) is 1. The van der Waals surface area contributed by atoms with Crippen molar-refractivity contribution in [3.05, 3.63) is 0 Å². The van der Waals surface area contributed by atoms with Crippen molar-refractivity contribution in [2.24, 2.45) is 5.92 Å².